The van der Waals surface area contributed by atoms with Gasteiger partial charge in [0, 0.05) is 17.0 Å². The lowest BCUT2D eigenvalue weighted by Crippen LogP contribution is -2.37. The Morgan fingerprint density at radius 3 is 2.30 bits per heavy atom. The van der Waals surface area contributed by atoms with Crippen molar-refractivity contribution in [1.82, 2.24) is 0 Å². The van der Waals surface area contributed by atoms with Gasteiger partial charge in [0.25, 0.3) is 0 Å². The van der Waals surface area contributed by atoms with E-state index in [4.69, 9.17) is 21.1 Å². The van der Waals surface area contributed by atoms with E-state index in [0.717, 1.165) is 0 Å². The van der Waals surface area contributed by atoms with Crippen LogP contribution >= 0.6 is 11.6 Å². The van der Waals surface area contributed by atoms with E-state index >= 15 is 0 Å². The number of carboxylic acid groups (broad SMARTS) is 1. The Bertz CT molecular complexity index is 585. The van der Waals surface area contributed by atoms with Gasteiger partial charge in [0.2, 0.25) is 0 Å². The van der Waals surface area contributed by atoms with Crippen molar-refractivity contribution in [3.05, 3.63) is 34.9 Å². The van der Waals surface area contributed by atoms with Crippen LogP contribution in [0, 0.1) is 5.92 Å². The second kappa shape index (κ2) is 6.86. The third-order valence-corrected chi connectivity index (χ3v) is 3.80. The van der Waals surface area contributed by atoms with E-state index in [2.05, 4.69) is 4.74 Å². The maximum absolute atomic E-state index is 11.9. The molecule has 23 heavy (non-hydrogen) atoms. The lowest BCUT2D eigenvalue weighted by molar-refractivity contribution is -0.203. The number of aliphatic carboxylic acids is 1. The van der Waals surface area contributed by atoms with Crippen LogP contribution < -0.4 is 0 Å². The first-order chi connectivity index (χ1) is 10.8. The van der Waals surface area contributed by atoms with E-state index in [-0.39, 0.29) is 5.92 Å². The van der Waals surface area contributed by atoms with Crippen LogP contribution in [-0.4, -0.2) is 36.4 Å². The molecule has 1 aromatic rings. The maximum atomic E-state index is 11.9. The Balaban J connectivity index is 2.44. The number of methoxy groups -OCH3 is 1. The number of halogens is 1. The van der Waals surface area contributed by atoms with Gasteiger partial charge in [-0.25, -0.2) is 9.59 Å². The van der Waals surface area contributed by atoms with Crippen molar-refractivity contribution in [3.8, 4) is 0 Å². The highest BCUT2D eigenvalue weighted by Gasteiger charge is 2.55. The number of carbonyl (C=O) groups excluding carboxylic acids is 1. The van der Waals surface area contributed by atoms with Gasteiger partial charge in [0.15, 0.2) is 18.0 Å². The fourth-order valence-corrected chi connectivity index (χ4v) is 2.75. The van der Waals surface area contributed by atoms with Gasteiger partial charge in [-0.05, 0) is 18.1 Å². The number of hydrogen-bond donors (Lipinski definition) is 1. The molecule has 1 aliphatic rings. The Morgan fingerprint density at radius 2 is 1.83 bits per heavy atom. The first kappa shape index (κ1) is 17.7. The summed E-state index contributed by atoms with van der Waals surface area (Å²) in [7, 11) is 1.18. The molecule has 2 rings (SSSR count). The van der Waals surface area contributed by atoms with E-state index < -0.39 is 29.9 Å². The molecule has 0 bridgehead atoms. The van der Waals surface area contributed by atoms with Gasteiger partial charge in [0.05, 0.1) is 7.11 Å². The SMILES string of the molecule is COC(=O)C1OC(CC(C)C)(c2ccc(Cl)cc2)OC1C(=O)O. The molecule has 1 fully saturated rings. The number of carbonyl (C=O) groups is 2. The zero-order chi connectivity index (χ0) is 17.2. The molecule has 0 amide bonds. The third-order valence-electron chi connectivity index (χ3n) is 3.55. The minimum absolute atomic E-state index is 0.136. The van der Waals surface area contributed by atoms with E-state index in [1.165, 1.54) is 7.11 Å². The number of esters is 1. The number of ether oxygens (including phenoxy) is 3. The molecule has 1 heterocycles. The zero-order valence-electron chi connectivity index (χ0n) is 13.1. The summed E-state index contributed by atoms with van der Waals surface area (Å²) < 4.78 is 16.1. The van der Waals surface area contributed by atoms with E-state index in [1.807, 2.05) is 13.8 Å². The number of rotatable bonds is 5. The molecule has 1 aliphatic heterocycles. The molecule has 0 radical (unpaired) electrons. The third kappa shape index (κ3) is 3.65. The second-order valence-corrected chi connectivity index (χ2v) is 6.23. The minimum atomic E-state index is -1.43. The highest BCUT2D eigenvalue weighted by atomic mass is 35.5. The van der Waals surface area contributed by atoms with Crippen LogP contribution in [0.4, 0.5) is 0 Å². The molecule has 3 atom stereocenters. The van der Waals surface area contributed by atoms with Gasteiger partial charge >= 0.3 is 11.9 Å². The average Bonchev–Trinajstić information content (AvgIpc) is 2.87. The van der Waals surface area contributed by atoms with Crippen LogP contribution in [0.1, 0.15) is 25.8 Å². The van der Waals surface area contributed by atoms with E-state index in [1.54, 1.807) is 24.3 Å². The normalized spacial score (nSPS) is 27.2. The zero-order valence-corrected chi connectivity index (χ0v) is 13.9. The van der Waals surface area contributed by atoms with Gasteiger partial charge < -0.3 is 19.3 Å². The molecule has 0 aromatic heterocycles. The monoisotopic (exact) mass is 342 g/mol. The van der Waals surface area contributed by atoms with Crippen LogP contribution in [0.3, 0.4) is 0 Å². The number of carboxylic acids is 1. The van der Waals surface area contributed by atoms with Gasteiger partial charge in [-0.1, -0.05) is 37.6 Å². The summed E-state index contributed by atoms with van der Waals surface area (Å²) in [4.78, 5) is 23.3. The van der Waals surface area contributed by atoms with E-state index in [9.17, 15) is 14.7 Å². The fraction of sp³-hybridized carbons (Fsp3) is 0.500. The Morgan fingerprint density at radius 1 is 1.26 bits per heavy atom. The highest BCUT2D eigenvalue weighted by molar-refractivity contribution is 6.30. The summed E-state index contributed by atoms with van der Waals surface area (Å²) in [5, 5.41) is 9.88. The van der Waals surface area contributed by atoms with Crippen molar-refractivity contribution in [2.24, 2.45) is 5.92 Å². The summed E-state index contributed by atoms with van der Waals surface area (Å²) in [5.74, 6) is -3.26. The van der Waals surface area contributed by atoms with Gasteiger partial charge in [0.1, 0.15) is 0 Å². The first-order valence-electron chi connectivity index (χ1n) is 7.21. The molecule has 1 aromatic carbocycles. The molecule has 0 saturated carbocycles. The Labute approximate surface area is 139 Å². The summed E-state index contributed by atoms with van der Waals surface area (Å²) >= 11 is 5.90. The van der Waals surface area contributed by atoms with Gasteiger partial charge in [-0.15, -0.1) is 0 Å². The predicted molar refractivity (Wildman–Crippen MR) is 82.0 cm³/mol. The van der Waals surface area contributed by atoms with Gasteiger partial charge in [-0.3, -0.25) is 0 Å². The first-order valence-corrected chi connectivity index (χ1v) is 7.59. The van der Waals surface area contributed by atoms with Crippen molar-refractivity contribution in [3.63, 3.8) is 0 Å². The van der Waals surface area contributed by atoms with E-state index in [0.29, 0.717) is 17.0 Å². The van der Waals surface area contributed by atoms with Crippen LogP contribution in [0.5, 0.6) is 0 Å². The second-order valence-electron chi connectivity index (χ2n) is 5.80. The standard InChI is InChI=1S/C16H19ClO6/c1-9(2)8-16(10-4-6-11(17)7-5-10)22-12(14(18)19)13(23-16)15(20)21-3/h4-7,9,12-13H,8H2,1-3H3,(H,18,19). The summed E-state index contributed by atoms with van der Waals surface area (Å²) in [6, 6.07) is 6.71. The molecular weight excluding hydrogens is 324 g/mol. The molecule has 1 saturated heterocycles. The Hall–Kier alpha value is -1.63. The average molecular weight is 343 g/mol. The van der Waals surface area contributed by atoms with Crippen LogP contribution in [0.2, 0.25) is 5.02 Å². The van der Waals surface area contributed by atoms with Crippen molar-refractivity contribution < 1.29 is 28.9 Å². The van der Waals surface area contributed by atoms with Crippen molar-refractivity contribution in [2.45, 2.75) is 38.3 Å². The number of benzene rings is 1. The summed E-state index contributed by atoms with van der Waals surface area (Å²) in [6.45, 7) is 3.90. The van der Waals surface area contributed by atoms with Gasteiger partial charge in [-0.2, -0.15) is 0 Å². The summed E-state index contributed by atoms with van der Waals surface area (Å²) in [5.41, 5.74) is 0.605. The van der Waals surface area contributed by atoms with Crippen LogP contribution in [0.15, 0.2) is 24.3 Å². The molecule has 7 heteroatoms. The van der Waals surface area contributed by atoms with Crippen LogP contribution in [-0.2, 0) is 29.6 Å². The van der Waals surface area contributed by atoms with Crippen molar-refractivity contribution >= 4 is 23.5 Å². The smallest absolute Gasteiger partial charge is 0.338 e. The summed E-state index contributed by atoms with van der Waals surface area (Å²) in [6.07, 6.45) is -2.38. The lowest BCUT2D eigenvalue weighted by atomic mass is 9.95. The largest absolute Gasteiger partial charge is 0.479 e. The van der Waals surface area contributed by atoms with Crippen LogP contribution in [0.25, 0.3) is 0 Å². The molecular formula is C16H19ClO6. The molecule has 1 N–H and O–H groups in total. The topological polar surface area (TPSA) is 82.1 Å². The molecule has 3 unspecified atom stereocenters. The number of hydrogen-bond acceptors (Lipinski definition) is 5. The van der Waals surface area contributed by atoms with Crippen molar-refractivity contribution in [1.29, 1.82) is 0 Å². The Kier molecular flexibility index (Phi) is 5.29. The lowest BCUT2D eigenvalue weighted by Gasteiger charge is -2.30. The molecule has 0 aliphatic carbocycles. The van der Waals surface area contributed by atoms with Crippen molar-refractivity contribution in [2.75, 3.05) is 7.11 Å². The molecule has 6 nitrogen and oxygen atoms in total. The molecule has 0 spiro atoms. The highest BCUT2D eigenvalue weighted by Crippen LogP contribution is 2.43. The molecule has 126 valence electrons. The fourth-order valence-electron chi connectivity index (χ4n) is 2.62. The quantitative estimate of drug-likeness (QED) is 0.828. The minimum Gasteiger partial charge on any atom is -0.479 e. The maximum Gasteiger partial charge on any atom is 0.338 e. The predicted octanol–water partition coefficient (Wildman–Crippen LogP) is 2.58.